The highest BCUT2D eigenvalue weighted by Gasteiger charge is 2.32. The number of anilines is 1. The molecule has 2 aliphatic heterocycles. The van der Waals surface area contributed by atoms with Gasteiger partial charge in [-0.3, -0.25) is 0 Å². The number of fused-ring (bicyclic) bond motifs is 1. The lowest BCUT2D eigenvalue weighted by molar-refractivity contribution is 0.0649. The second-order valence-electron chi connectivity index (χ2n) is 6.33. The van der Waals surface area contributed by atoms with Crippen molar-refractivity contribution >= 4 is 5.82 Å². The molecule has 2 unspecified atom stereocenters. The van der Waals surface area contributed by atoms with Crippen LogP contribution in [0, 0.1) is 19.8 Å². The summed E-state index contributed by atoms with van der Waals surface area (Å²) in [6.45, 7) is 7.71. The van der Waals surface area contributed by atoms with Crippen molar-refractivity contribution in [3.8, 4) is 0 Å². The third-order valence-electron chi connectivity index (χ3n) is 4.85. The van der Waals surface area contributed by atoms with E-state index < -0.39 is 0 Å². The summed E-state index contributed by atoms with van der Waals surface area (Å²) in [5.74, 6) is 2.64. The largest absolute Gasteiger partial charge is 0.369 e. The maximum Gasteiger partial charge on any atom is 0.132 e. The van der Waals surface area contributed by atoms with Gasteiger partial charge < -0.3 is 10.2 Å². The lowest BCUT2D eigenvalue weighted by Crippen LogP contribution is -2.49. The molecule has 2 saturated heterocycles. The molecule has 0 aliphatic carbocycles. The Kier molecular flexibility index (Phi) is 4.20. The van der Waals surface area contributed by atoms with E-state index in [1.165, 1.54) is 45.2 Å². The van der Waals surface area contributed by atoms with Crippen molar-refractivity contribution in [1.82, 2.24) is 14.9 Å². The van der Waals surface area contributed by atoms with E-state index in [0.717, 1.165) is 35.7 Å². The van der Waals surface area contributed by atoms with E-state index in [1.54, 1.807) is 0 Å². The zero-order valence-corrected chi connectivity index (χ0v) is 12.7. The first-order valence-electron chi connectivity index (χ1n) is 8.02. The minimum Gasteiger partial charge on any atom is -0.369 e. The molecule has 3 rings (SSSR count). The third kappa shape index (κ3) is 2.95. The highest BCUT2D eigenvalue weighted by Crippen LogP contribution is 2.31. The molecule has 3 heterocycles. The molecule has 1 aromatic heterocycles. The summed E-state index contributed by atoms with van der Waals surface area (Å²) in [5, 5.41) is 3.58. The Bertz CT molecular complexity index is 458. The summed E-state index contributed by atoms with van der Waals surface area (Å²) >= 11 is 0. The first-order chi connectivity index (χ1) is 9.74. The highest BCUT2D eigenvalue weighted by molar-refractivity contribution is 5.41. The van der Waals surface area contributed by atoms with Crippen LogP contribution in [0.5, 0.6) is 0 Å². The zero-order valence-electron chi connectivity index (χ0n) is 12.7. The molecule has 2 aliphatic rings. The molecule has 4 heteroatoms. The number of rotatable bonds is 3. The van der Waals surface area contributed by atoms with Crippen LogP contribution in [-0.4, -0.2) is 40.5 Å². The quantitative estimate of drug-likeness (QED) is 0.920. The summed E-state index contributed by atoms with van der Waals surface area (Å²) in [5.41, 5.74) is 1.15. The molecule has 0 spiro atoms. The van der Waals surface area contributed by atoms with Gasteiger partial charge in [0, 0.05) is 24.3 Å². The van der Waals surface area contributed by atoms with Gasteiger partial charge in [-0.15, -0.1) is 0 Å². The zero-order chi connectivity index (χ0) is 13.9. The summed E-state index contributed by atoms with van der Waals surface area (Å²) in [6.07, 6.45) is 8.80. The lowest BCUT2D eigenvalue weighted by atomic mass is 9.83. The number of nitrogens with zero attached hydrogens (tertiary/aromatic N) is 3. The number of hydrogen-bond acceptors (Lipinski definition) is 4. The van der Waals surface area contributed by atoms with Crippen LogP contribution in [0.25, 0.3) is 0 Å². The molecule has 2 atom stereocenters. The Hall–Kier alpha value is -1.16. The third-order valence-corrected chi connectivity index (χ3v) is 4.85. The molecule has 0 amide bonds. The van der Waals surface area contributed by atoms with E-state index in [0.29, 0.717) is 0 Å². The summed E-state index contributed by atoms with van der Waals surface area (Å²) in [4.78, 5) is 11.5. The van der Waals surface area contributed by atoms with E-state index >= 15 is 0 Å². The smallest absolute Gasteiger partial charge is 0.132 e. The van der Waals surface area contributed by atoms with E-state index in [-0.39, 0.29) is 0 Å². The summed E-state index contributed by atoms with van der Waals surface area (Å²) in [6, 6.07) is 0.799. The molecule has 110 valence electrons. The summed E-state index contributed by atoms with van der Waals surface area (Å²) in [7, 11) is 0. The maximum atomic E-state index is 4.53. The fourth-order valence-electron chi connectivity index (χ4n) is 3.75. The summed E-state index contributed by atoms with van der Waals surface area (Å²) < 4.78 is 0. The second kappa shape index (κ2) is 6.08. The van der Waals surface area contributed by atoms with Gasteiger partial charge in [-0.2, -0.15) is 0 Å². The number of hydrogen-bond donors (Lipinski definition) is 1. The Labute approximate surface area is 122 Å². The van der Waals surface area contributed by atoms with Crippen molar-refractivity contribution in [3.63, 3.8) is 0 Å². The first-order valence-corrected chi connectivity index (χ1v) is 8.02. The monoisotopic (exact) mass is 274 g/mol. The minimum atomic E-state index is 0.777. The van der Waals surface area contributed by atoms with Crippen molar-refractivity contribution in [3.05, 3.63) is 17.6 Å². The average molecular weight is 274 g/mol. The van der Waals surface area contributed by atoms with Gasteiger partial charge in [0.2, 0.25) is 0 Å². The van der Waals surface area contributed by atoms with Crippen molar-refractivity contribution < 1.29 is 0 Å². The second-order valence-corrected chi connectivity index (χ2v) is 6.33. The van der Waals surface area contributed by atoms with Crippen molar-refractivity contribution in [1.29, 1.82) is 0 Å². The predicted octanol–water partition coefficient (Wildman–Crippen LogP) is 2.77. The molecule has 2 fully saturated rings. The van der Waals surface area contributed by atoms with Gasteiger partial charge >= 0.3 is 0 Å². The van der Waals surface area contributed by atoms with Crippen LogP contribution in [0.1, 0.15) is 43.5 Å². The van der Waals surface area contributed by atoms with Gasteiger partial charge in [-0.25, -0.2) is 9.97 Å². The van der Waals surface area contributed by atoms with Gasteiger partial charge in [0.05, 0.1) is 0 Å². The minimum absolute atomic E-state index is 0.777. The first kappa shape index (κ1) is 13.8. The molecular weight excluding hydrogens is 248 g/mol. The topological polar surface area (TPSA) is 41.1 Å². The number of piperidine rings is 2. The highest BCUT2D eigenvalue weighted by atomic mass is 15.2. The fourth-order valence-corrected chi connectivity index (χ4v) is 3.75. The predicted molar refractivity (Wildman–Crippen MR) is 81.9 cm³/mol. The lowest BCUT2D eigenvalue weighted by Gasteiger charge is -2.44. The van der Waals surface area contributed by atoms with Crippen LogP contribution in [0.15, 0.2) is 6.20 Å². The Morgan fingerprint density at radius 3 is 2.95 bits per heavy atom. The molecule has 20 heavy (non-hydrogen) atoms. The van der Waals surface area contributed by atoms with Crippen LogP contribution < -0.4 is 5.32 Å². The van der Waals surface area contributed by atoms with Gasteiger partial charge in [-0.1, -0.05) is 6.42 Å². The van der Waals surface area contributed by atoms with Crippen LogP contribution in [0.4, 0.5) is 5.82 Å². The molecule has 4 nitrogen and oxygen atoms in total. The average Bonchev–Trinajstić information content (AvgIpc) is 2.48. The normalized spacial score (nSPS) is 27.1. The molecule has 1 aromatic rings. The van der Waals surface area contributed by atoms with Crippen molar-refractivity contribution in [2.24, 2.45) is 5.92 Å². The van der Waals surface area contributed by atoms with E-state index in [9.17, 15) is 0 Å². The standard InChI is InChI=1S/C16H26N4/c1-12-10-17-13(2)19-16(12)18-11-14-6-5-9-20-8-4-3-7-15(14)20/h10,14-15H,3-9,11H2,1-2H3,(H,17,18,19). The number of aromatic nitrogens is 2. The molecular formula is C16H26N4. The van der Waals surface area contributed by atoms with Crippen molar-refractivity contribution in [2.75, 3.05) is 25.0 Å². The van der Waals surface area contributed by atoms with Crippen LogP contribution in [0.3, 0.4) is 0 Å². The van der Waals surface area contributed by atoms with Crippen LogP contribution in [-0.2, 0) is 0 Å². The van der Waals surface area contributed by atoms with Gasteiger partial charge in [0.15, 0.2) is 0 Å². The van der Waals surface area contributed by atoms with Crippen LogP contribution in [0.2, 0.25) is 0 Å². The molecule has 0 aromatic carbocycles. The van der Waals surface area contributed by atoms with Crippen molar-refractivity contribution in [2.45, 2.75) is 52.0 Å². The van der Waals surface area contributed by atoms with Gasteiger partial charge in [0.1, 0.15) is 11.6 Å². The van der Waals surface area contributed by atoms with Gasteiger partial charge in [0.25, 0.3) is 0 Å². The molecule has 0 radical (unpaired) electrons. The fraction of sp³-hybridized carbons (Fsp3) is 0.750. The van der Waals surface area contributed by atoms with Gasteiger partial charge in [-0.05, 0) is 58.5 Å². The molecule has 0 saturated carbocycles. The SMILES string of the molecule is Cc1ncc(C)c(NCC2CCCN3CCCCC23)n1. The molecule has 1 N–H and O–H groups in total. The molecule has 0 bridgehead atoms. The van der Waals surface area contributed by atoms with E-state index in [1.807, 2.05) is 13.1 Å². The number of aryl methyl sites for hydroxylation is 2. The maximum absolute atomic E-state index is 4.53. The number of nitrogens with one attached hydrogen (secondary N) is 1. The Morgan fingerprint density at radius 2 is 2.05 bits per heavy atom. The van der Waals surface area contributed by atoms with Crippen LogP contribution >= 0.6 is 0 Å². The Morgan fingerprint density at radius 1 is 1.20 bits per heavy atom. The Balaban J connectivity index is 1.63. The van der Waals surface area contributed by atoms with E-state index in [4.69, 9.17) is 0 Å². The van der Waals surface area contributed by atoms with E-state index in [2.05, 4.69) is 27.1 Å².